The molecule has 6 aromatic carbocycles. The molecule has 0 atom stereocenters. The smallest absolute Gasteiger partial charge is 0.409 e. The summed E-state index contributed by atoms with van der Waals surface area (Å²) in [7, 11) is 6.21. The van der Waals surface area contributed by atoms with Crippen LogP contribution in [0.25, 0.3) is 17.2 Å². The number of aliphatic hydroxyl groups is 3. The Hall–Kier alpha value is -11.0. The molecule has 0 spiro atoms. The lowest BCUT2D eigenvalue weighted by molar-refractivity contribution is 0.120. The number of anilines is 7. The highest BCUT2D eigenvalue weighted by Crippen LogP contribution is 2.26. The highest BCUT2D eigenvalue weighted by Gasteiger charge is 2.27. The van der Waals surface area contributed by atoms with E-state index in [9.17, 15) is 27.6 Å². The first-order chi connectivity index (χ1) is 59.1. The van der Waals surface area contributed by atoms with Crippen LogP contribution >= 0.6 is 15.9 Å². The molecule has 14 rings (SSSR count). The van der Waals surface area contributed by atoms with Crippen molar-refractivity contribution in [1.29, 1.82) is 0 Å². The molecule has 7 N–H and O–H groups in total. The number of nitrogen functional groups attached to an aromatic ring is 1. The van der Waals surface area contributed by atoms with Gasteiger partial charge in [-0.2, -0.15) is 17.9 Å². The van der Waals surface area contributed by atoms with Crippen molar-refractivity contribution >= 4 is 96.3 Å². The molecule has 0 bridgehead atoms. The number of aliphatic hydroxyl groups excluding tert-OH is 3. The van der Waals surface area contributed by atoms with Crippen LogP contribution in [0, 0.1) is 0 Å². The van der Waals surface area contributed by atoms with E-state index in [0.29, 0.717) is 82.4 Å². The van der Waals surface area contributed by atoms with Gasteiger partial charge in [0.15, 0.2) is 11.4 Å². The number of methoxy groups -OCH3 is 4. The number of aromatic nitrogens is 4. The average Bonchev–Trinajstić information content (AvgIpc) is 1.64. The molecule has 34 heteroatoms. The van der Waals surface area contributed by atoms with Crippen LogP contribution in [0.3, 0.4) is 0 Å². The van der Waals surface area contributed by atoms with E-state index < -0.39 is 10.1 Å². The number of amides is 4. The largest absolute Gasteiger partial charge is 0.461 e. The number of hydrogen-bond acceptors (Lipinski definition) is 27. The summed E-state index contributed by atoms with van der Waals surface area (Å²) in [5.74, 6) is 2.05. The Balaban J connectivity index is 0.000000190. The Bertz CT molecular complexity index is 4680. The van der Waals surface area contributed by atoms with E-state index in [1.165, 1.54) is 66.6 Å². The van der Waals surface area contributed by atoms with Gasteiger partial charge in [-0.25, -0.2) is 24.2 Å². The number of nitrogens with two attached hydrogens (primary N) is 1. The van der Waals surface area contributed by atoms with Gasteiger partial charge in [-0.15, -0.1) is 5.10 Å². The predicted octanol–water partition coefficient (Wildman–Crippen LogP) is 9.33. The molecule has 123 heavy (non-hydrogen) atoms. The summed E-state index contributed by atoms with van der Waals surface area (Å²) in [6.07, 6.45) is 6.23. The van der Waals surface area contributed by atoms with Gasteiger partial charge in [-0.05, 0) is 170 Å². The third-order valence-corrected chi connectivity index (χ3v) is 22.3. The molecule has 9 aromatic rings. The van der Waals surface area contributed by atoms with Crippen molar-refractivity contribution in [3.63, 3.8) is 0 Å². The number of piperazine rings is 5. The molecule has 5 saturated heterocycles. The minimum atomic E-state index is -3.38. The van der Waals surface area contributed by atoms with Gasteiger partial charge in [0.05, 0.1) is 47.6 Å². The first-order valence-electron chi connectivity index (χ1n) is 41.2. The Labute approximate surface area is 732 Å². The van der Waals surface area contributed by atoms with Crippen LogP contribution in [0.15, 0.2) is 179 Å². The number of carbonyl (C=O) groups excluding carboxylic acids is 4. The van der Waals surface area contributed by atoms with Crippen LogP contribution in [0.5, 0.6) is 0 Å². The molecule has 0 radical (unpaired) electrons. The van der Waals surface area contributed by atoms with Crippen molar-refractivity contribution in [1.82, 2.24) is 49.8 Å². The number of rotatable bonds is 23. The van der Waals surface area contributed by atoms with Gasteiger partial charge in [0.25, 0.3) is 10.1 Å². The maximum Gasteiger partial charge on any atom is 0.409 e. The molecule has 3 aromatic heterocycles. The van der Waals surface area contributed by atoms with E-state index in [1.54, 1.807) is 38.0 Å². The minimum Gasteiger partial charge on any atom is -0.461 e. The van der Waals surface area contributed by atoms with Crippen molar-refractivity contribution in [2.24, 2.45) is 0 Å². The van der Waals surface area contributed by atoms with Gasteiger partial charge in [-0.1, -0.05) is 96.2 Å². The number of carbonyl (C=O) groups is 4. The first kappa shape index (κ1) is 97.5. The maximum absolute atomic E-state index is 11.7. The van der Waals surface area contributed by atoms with Gasteiger partial charge in [0, 0.05) is 203 Å². The number of furan rings is 1. The molecule has 0 unspecified atom stereocenters. The summed E-state index contributed by atoms with van der Waals surface area (Å²) in [5.41, 5.74) is 19.8. The van der Waals surface area contributed by atoms with Gasteiger partial charge in [0.1, 0.15) is 5.82 Å². The third-order valence-electron chi connectivity index (χ3n) is 21.1. The summed E-state index contributed by atoms with van der Waals surface area (Å²) >= 11 is 3.33. The number of ether oxygens (including phenoxy) is 4. The second-order valence-corrected chi connectivity index (χ2v) is 31.9. The molecule has 5 fully saturated rings. The fraction of sp³-hybridized carbons (Fsp3) is 0.449. The fourth-order valence-electron chi connectivity index (χ4n) is 14.0. The molecule has 668 valence electrons. The normalized spacial score (nSPS) is 14.6. The van der Waals surface area contributed by atoms with Crippen molar-refractivity contribution in [3.05, 3.63) is 208 Å². The molecule has 32 nitrogen and oxygen atoms in total. The van der Waals surface area contributed by atoms with E-state index in [2.05, 4.69) is 156 Å². The second kappa shape index (κ2) is 51.2. The number of halogens is 1. The zero-order chi connectivity index (χ0) is 87.2. The van der Waals surface area contributed by atoms with Gasteiger partial charge in [-0.3, -0.25) is 4.18 Å². The molecule has 0 aliphatic carbocycles. The van der Waals surface area contributed by atoms with Gasteiger partial charge >= 0.3 is 24.4 Å². The average molecular weight is 1780 g/mol. The first-order valence-corrected chi connectivity index (χ1v) is 43.8. The summed E-state index contributed by atoms with van der Waals surface area (Å²) < 4.78 is 53.5. The van der Waals surface area contributed by atoms with E-state index in [4.69, 9.17) is 48.6 Å². The zero-order valence-electron chi connectivity index (χ0n) is 71.2. The van der Waals surface area contributed by atoms with Crippen LogP contribution in [0.1, 0.15) is 40.8 Å². The predicted molar refractivity (Wildman–Crippen MR) is 487 cm³/mol. The number of nitrogens with zero attached hydrogens (tertiary/aromatic N) is 14. The highest BCUT2D eigenvalue weighted by atomic mass is 79.9. The Kier molecular flexibility index (Phi) is 40.6. The number of nitrogens with one attached hydrogen (secondary N) is 2. The maximum atomic E-state index is 11.7. The SMILES string of the molecule is C.CNCCc1ccc(N2CCN(C(=O)OC)CC2)cc1.COC(=O)N1CCN(c2ccc(CCN(C)c3cc4nc(-c5ccco5)nn4c(N)n3)cc2)CC1.COC(=O)N1CCN(c2ccc(CCO)cc2)CC1.COC(=O)N1CCN(c2ccc(CCOS(C)(=O)=O)cc2)CC1.OCCc1ccc(Br)cc1.OCCc1ccc(N2CCNCC2)cc1. The summed E-state index contributed by atoms with van der Waals surface area (Å²) in [6.45, 7) is 18.7. The molecule has 5 aliphatic rings. The molecule has 4 amide bonds. The molecule has 8 heterocycles. The van der Waals surface area contributed by atoms with E-state index in [1.807, 2.05) is 80.8 Å². The lowest BCUT2D eigenvalue weighted by Crippen LogP contribution is -2.48. The van der Waals surface area contributed by atoms with Gasteiger partial charge in [0.2, 0.25) is 11.8 Å². The van der Waals surface area contributed by atoms with Crippen molar-refractivity contribution < 1.29 is 70.5 Å². The lowest BCUT2D eigenvalue weighted by Gasteiger charge is -2.35. The quantitative estimate of drug-likeness (QED) is 0.0256. The Morgan fingerprint density at radius 3 is 1.15 bits per heavy atom. The van der Waals surface area contributed by atoms with Crippen LogP contribution in [0.4, 0.5) is 59.4 Å². The Morgan fingerprint density at radius 1 is 0.488 bits per heavy atom. The van der Waals surface area contributed by atoms with Gasteiger partial charge < -0.3 is 104 Å². The Morgan fingerprint density at radius 2 is 0.821 bits per heavy atom. The lowest BCUT2D eigenvalue weighted by atomic mass is 10.1. The zero-order valence-corrected chi connectivity index (χ0v) is 73.6. The highest BCUT2D eigenvalue weighted by molar-refractivity contribution is 9.10. The number of fused-ring (bicyclic) bond motifs is 1. The van der Waals surface area contributed by atoms with E-state index in [-0.39, 0.29) is 64.2 Å². The van der Waals surface area contributed by atoms with Crippen LogP contribution in [-0.2, 0) is 71.8 Å². The fourth-order valence-corrected chi connectivity index (χ4v) is 14.7. The van der Waals surface area contributed by atoms with Crippen LogP contribution < -0.4 is 45.8 Å². The number of hydrogen-bond donors (Lipinski definition) is 6. The van der Waals surface area contributed by atoms with E-state index in [0.717, 1.165) is 162 Å². The second-order valence-electron chi connectivity index (χ2n) is 29.3. The third kappa shape index (κ3) is 31.4. The summed E-state index contributed by atoms with van der Waals surface area (Å²) in [5, 5.41) is 37.2. The minimum absolute atomic E-state index is 0. The summed E-state index contributed by atoms with van der Waals surface area (Å²) in [6, 6.07) is 55.3. The van der Waals surface area contributed by atoms with Crippen LogP contribution in [-0.4, -0.2) is 306 Å². The topological polar surface area (TPSA) is 348 Å². The number of benzene rings is 6. The van der Waals surface area contributed by atoms with E-state index >= 15 is 0 Å². The van der Waals surface area contributed by atoms with Crippen molar-refractivity contribution in [2.45, 2.75) is 46.0 Å². The number of likely N-dealkylation sites (N-methyl/N-ethyl adjacent to an activating group) is 2. The molecule has 0 saturated carbocycles. The molecular formula is C89H124BrN17O15S. The molecular weight excluding hydrogens is 1660 g/mol. The monoisotopic (exact) mass is 1780 g/mol. The van der Waals surface area contributed by atoms with Crippen molar-refractivity contribution in [2.75, 3.05) is 254 Å². The molecule has 5 aliphatic heterocycles. The van der Waals surface area contributed by atoms with Crippen molar-refractivity contribution in [3.8, 4) is 11.6 Å². The standard InChI is InChI=1S/C24H28N8O3.C15H23N3O2.C15H22N2O5S.C14H20N2O3.C12H18N2O.C8H9BrO.CH4/c1-29(20-16-21-26-22(19-4-3-15-35-19)28-32(21)23(25)27-20)10-9-17-5-7-18(8-6-17)30-11-13-31(14-12-30)24(33)34-2;1-16-8-7-13-3-5-14(6-4-13)17-9-11-18(12-10-17)15(19)20-2;1-21-15(18)17-10-8-16(9-11-17)14-5-3-13(4-6-14)7-12-22-23(2,19)20;1-19-14(18)16-9-7-15(8-10-16)13-4-2-12(3-5-13)6-11-17;15-10-5-11-1-3-12(4-2-11)14-8-6-13-7-9-14;9-8-3-1-7(2-4-8)5-6-10;/h3-8,15-16H,9-14H2,1-2H3,(H2,25,27);3-6,16H,7-12H2,1-2H3;3-6H,7-12H2,1-2H3;2-5,17H,6-11H2,1H3;1-4,13,15H,5-10H2;1-4,10H,5-6H2;1H4. The summed E-state index contributed by atoms with van der Waals surface area (Å²) in [4.78, 5) is 75.4. The van der Waals surface area contributed by atoms with Crippen LogP contribution in [0.2, 0.25) is 0 Å².